The first-order chi connectivity index (χ1) is 19.6. The van der Waals surface area contributed by atoms with Gasteiger partial charge in [-0.2, -0.15) is 0 Å². The lowest BCUT2D eigenvalue weighted by Crippen LogP contribution is -1.98. The van der Waals surface area contributed by atoms with Gasteiger partial charge in [-0.05, 0) is 116 Å². The van der Waals surface area contributed by atoms with E-state index < -0.39 is 0 Å². The molecule has 5 heteroatoms. The van der Waals surface area contributed by atoms with Crippen molar-refractivity contribution in [3.63, 3.8) is 0 Å². The summed E-state index contributed by atoms with van der Waals surface area (Å²) in [5.74, 6) is 1.75. The van der Waals surface area contributed by atoms with E-state index in [9.17, 15) is 4.79 Å². The van der Waals surface area contributed by atoms with Gasteiger partial charge in [-0.3, -0.25) is 4.79 Å². The maximum atomic E-state index is 10.5. The largest absolute Gasteiger partial charge is 0.494 e. The van der Waals surface area contributed by atoms with Crippen molar-refractivity contribution in [2.45, 2.75) is 38.5 Å². The second-order valence-electron chi connectivity index (χ2n) is 9.32. The van der Waals surface area contributed by atoms with Crippen molar-refractivity contribution in [3.8, 4) is 11.5 Å². The van der Waals surface area contributed by atoms with Crippen LogP contribution in [-0.4, -0.2) is 19.5 Å². The number of ether oxygens (including phenoxy) is 2. The fourth-order valence-electron chi connectivity index (χ4n) is 3.89. The summed E-state index contributed by atoms with van der Waals surface area (Å²) in [6, 6.07) is 32.2. The zero-order valence-corrected chi connectivity index (χ0v) is 25.9. The number of unbranched alkanes of at least 4 members (excludes halogenated alkanes) is 2. The Bertz CT molecular complexity index is 1160. The lowest BCUT2D eigenvalue weighted by molar-refractivity contribution is 0.112. The summed E-state index contributed by atoms with van der Waals surface area (Å²) in [5, 5.41) is 0. The first-order valence-electron chi connectivity index (χ1n) is 13.6. The van der Waals surface area contributed by atoms with Crippen LogP contribution in [0.1, 0.15) is 52.7 Å². The molecule has 0 heterocycles. The predicted octanol–water partition coefficient (Wildman–Crippen LogP) is 10.2. The second-order valence-corrected chi connectivity index (χ2v) is 11.2. The van der Waals surface area contributed by atoms with E-state index in [-0.39, 0.29) is 0 Å². The van der Waals surface area contributed by atoms with Crippen LogP contribution >= 0.6 is 31.9 Å². The third-order valence-electron chi connectivity index (χ3n) is 6.22. The Morgan fingerprint density at radius 2 is 0.950 bits per heavy atom. The van der Waals surface area contributed by atoms with E-state index >= 15 is 0 Å². The van der Waals surface area contributed by atoms with E-state index in [4.69, 9.17) is 9.47 Å². The van der Waals surface area contributed by atoms with E-state index in [0.717, 1.165) is 77.4 Å². The van der Waals surface area contributed by atoms with Gasteiger partial charge in [-0.1, -0.05) is 80.9 Å². The summed E-state index contributed by atoms with van der Waals surface area (Å²) in [6.45, 7) is 5.21. The molecule has 0 radical (unpaired) electrons. The van der Waals surface area contributed by atoms with Gasteiger partial charge in [0.15, 0.2) is 0 Å². The molecule has 4 aromatic carbocycles. The van der Waals surface area contributed by atoms with Gasteiger partial charge < -0.3 is 9.47 Å². The minimum absolute atomic E-state index is 0.674. The minimum atomic E-state index is 0.674. The molecule has 0 atom stereocenters. The molecular weight excluding hydrogens is 628 g/mol. The summed E-state index contributed by atoms with van der Waals surface area (Å²) in [4.78, 5) is 10.5. The Morgan fingerprint density at radius 1 is 0.550 bits per heavy atom. The molecule has 3 nitrogen and oxygen atoms in total. The van der Waals surface area contributed by atoms with Gasteiger partial charge in [0, 0.05) is 14.5 Å². The molecule has 0 unspecified atom stereocenters. The van der Waals surface area contributed by atoms with E-state index in [1.807, 2.05) is 42.5 Å². The molecule has 0 aromatic heterocycles. The lowest BCUT2D eigenvalue weighted by Gasteiger charge is -2.06. The highest BCUT2D eigenvalue weighted by Crippen LogP contribution is 2.16. The van der Waals surface area contributed by atoms with Crippen molar-refractivity contribution in [2.24, 2.45) is 0 Å². The van der Waals surface area contributed by atoms with Crippen LogP contribution < -0.4 is 9.47 Å². The normalized spacial score (nSPS) is 10.2. The Morgan fingerprint density at radius 3 is 1.32 bits per heavy atom. The highest BCUT2D eigenvalue weighted by atomic mass is 79.9. The molecule has 40 heavy (non-hydrogen) atoms. The van der Waals surface area contributed by atoms with Crippen LogP contribution in [0.15, 0.2) is 113 Å². The van der Waals surface area contributed by atoms with Crippen molar-refractivity contribution >= 4 is 44.2 Å². The molecule has 0 aliphatic heterocycles. The number of rotatable bonds is 14. The average molecular weight is 664 g/mol. The Kier molecular flexibility index (Phi) is 14.3. The van der Waals surface area contributed by atoms with Gasteiger partial charge in [0.2, 0.25) is 0 Å². The maximum absolute atomic E-state index is 10.5. The molecule has 0 bridgehead atoms. The van der Waals surface area contributed by atoms with Crippen LogP contribution in [0.25, 0.3) is 6.08 Å². The zero-order valence-electron chi connectivity index (χ0n) is 22.7. The van der Waals surface area contributed by atoms with Crippen LogP contribution in [0, 0.1) is 0 Å². The number of aryl methyl sites for hydroxylation is 2. The first kappa shape index (κ1) is 31.4. The third kappa shape index (κ3) is 12.4. The standard InChI is InChI=1S/C18H19BrO.C17H17BrO2/c1-2-15-8-12-18(13-9-15)20-14-4-3-5-16-6-10-17(19)11-7-16;18-16-8-4-14(5-9-16)3-1-2-12-20-17-10-6-15(13-19)7-11-17/h2,6-13H,1,3-5,14H2;4-11,13H,1-3,12H2. The van der Waals surface area contributed by atoms with Crippen LogP contribution in [0.5, 0.6) is 11.5 Å². The van der Waals surface area contributed by atoms with Gasteiger partial charge in [0.05, 0.1) is 13.2 Å². The van der Waals surface area contributed by atoms with Crippen molar-refractivity contribution in [3.05, 3.63) is 135 Å². The molecule has 0 N–H and O–H groups in total. The van der Waals surface area contributed by atoms with E-state index in [1.54, 1.807) is 12.1 Å². The summed E-state index contributed by atoms with van der Waals surface area (Å²) in [6.07, 6.45) is 9.18. The van der Waals surface area contributed by atoms with Gasteiger partial charge in [-0.15, -0.1) is 0 Å². The number of carbonyl (C=O) groups is 1. The summed E-state index contributed by atoms with van der Waals surface area (Å²) in [5.41, 5.74) is 4.52. The van der Waals surface area contributed by atoms with E-state index in [0.29, 0.717) is 12.2 Å². The molecule has 0 amide bonds. The van der Waals surface area contributed by atoms with Crippen molar-refractivity contribution in [1.29, 1.82) is 0 Å². The van der Waals surface area contributed by atoms with Crippen LogP contribution in [0.4, 0.5) is 0 Å². The van der Waals surface area contributed by atoms with Crippen molar-refractivity contribution in [1.82, 2.24) is 0 Å². The highest BCUT2D eigenvalue weighted by molar-refractivity contribution is 9.10. The lowest BCUT2D eigenvalue weighted by atomic mass is 10.1. The molecule has 0 aliphatic carbocycles. The number of carbonyl (C=O) groups excluding carboxylic acids is 1. The van der Waals surface area contributed by atoms with Gasteiger partial charge in [0.25, 0.3) is 0 Å². The maximum Gasteiger partial charge on any atom is 0.150 e. The molecule has 0 saturated carbocycles. The van der Waals surface area contributed by atoms with Crippen molar-refractivity contribution in [2.75, 3.05) is 13.2 Å². The van der Waals surface area contributed by atoms with Crippen LogP contribution in [-0.2, 0) is 12.8 Å². The number of aldehydes is 1. The molecule has 0 saturated heterocycles. The SMILES string of the molecule is C=Cc1ccc(OCCCCc2ccc(Br)cc2)cc1.O=Cc1ccc(OCCCCc2ccc(Br)cc2)cc1. The monoisotopic (exact) mass is 662 g/mol. The average Bonchev–Trinajstić information content (AvgIpc) is 2.99. The smallest absolute Gasteiger partial charge is 0.150 e. The van der Waals surface area contributed by atoms with Gasteiger partial charge >= 0.3 is 0 Å². The summed E-state index contributed by atoms with van der Waals surface area (Å²) < 4.78 is 13.6. The first-order valence-corrected chi connectivity index (χ1v) is 15.2. The fraction of sp³-hybridized carbons (Fsp3) is 0.229. The van der Waals surface area contributed by atoms with Gasteiger partial charge in [-0.25, -0.2) is 0 Å². The van der Waals surface area contributed by atoms with Crippen molar-refractivity contribution < 1.29 is 14.3 Å². The Hall–Kier alpha value is -3.15. The van der Waals surface area contributed by atoms with E-state index in [1.165, 1.54) is 11.1 Å². The Labute approximate surface area is 255 Å². The molecule has 0 aliphatic rings. The molecule has 0 spiro atoms. The zero-order chi connectivity index (χ0) is 28.4. The quantitative estimate of drug-likeness (QED) is 0.0995. The topological polar surface area (TPSA) is 35.5 Å². The van der Waals surface area contributed by atoms with Crippen LogP contribution in [0.2, 0.25) is 0 Å². The predicted molar refractivity (Wildman–Crippen MR) is 174 cm³/mol. The Balaban J connectivity index is 0.000000220. The second kappa shape index (κ2) is 18.2. The molecule has 208 valence electrons. The number of hydrogen-bond acceptors (Lipinski definition) is 3. The number of benzene rings is 4. The molecule has 0 fully saturated rings. The third-order valence-corrected chi connectivity index (χ3v) is 7.27. The minimum Gasteiger partial charge on any atom is -0.494 e. The molecule has 4 rings (SSSR count). The molecular formula is C35H36Br2O3. The molecule has 4 aromatic rings. The summed E-state index contributed by atoms with van der Waals surface area (Å²) >= 11 is 6.88. The van der Waals surface area contributed by atoms with Crippen LogP contribution in [0.3, 0.4) is 0 Å². The number of hydrogen-bond donors (Lipinski definition) is 0. The number of halogens is 2. The van der Waals surface area contributed by atoms with E-state index in [2.05, 4.69) is 87.0 Å². The highest BCUT2D eigenvalue weighted by Gasteiger charge is 1.98. The summed E-state index contributed by atoms with van der Waals surface area (Å²) in [7, 11) is 0. The fourth-order valence-corrected chi connectivity index (χ4v) is 4.42. The van der Waals surface area contributed by atoms with Gasteiger partial charge in [0.1, 0.15) is 17.8 Å².